The van der Waals surface area contributed by atoms with Crippen molar-refractivity contribution in [1.82, 2.24) is 5.32 Å². The number of carbonyl (C=O) groups excluding carboxylic acids is 1. The summed E-state index contributed by atoms with van der Waals surface area (Å²) < 4.78 is 1.86. The standard InChI is InChI=1S/C25H26N2OS/c1-25(2,3)21-14-12-20(13-15-21)23(28)22(27-16-8-5-9-17-27)24(29)26-18-19-10-6-4-7-11-19/h4-17,22H,18H2,1-3H3/p+1/t22-/m0/s1. The number of pyridine rings is 1. The van der Waals surface area contributed by atoms with Crippen molar-refractivity contribution in [1.29, 1.82) is 0 Å². The molecule has 4 heteroatoms. The van der Waals surface area contributed by atoms with Gasteiger partial charge in [0.1, 0.15) is 0 Å². The Morgan fingerprint density at radius 3 is 2.10 bits per heavy atom. The lowest BCUT2D eigenvalue weighted by atomic mass is 9.86. The number of ketones is 1. The van der Waals surface area contributed by atoms with Gasteiger partial charge in [-0.3, -0.25) is 4.79 Å². The monoisotopic (exact) mass is 403 g/mol. The molecule has 0 amide bonds. The van der Waals surface area contributed by atoms with E-state index < -0.39 is 6.04 Å². The second-order valence-electron chi connectivity index (χ2n) is 8.12. The first-order chi connectivity index (χ1) is 13.9. The molecule has 1 atom stereocenters. The van der Waals surface area contributed by atoms with Gasteiger partial charge in [-0.1, -0.05) is 93.7 Å². The van der Waals surface area contributed by atoms with E-state index in [-0.39, 0.29) is 11.2 Å². The third-order valence-electron chi connectivity index (χ3n) is 4.88. The van der Waals surface area contributed by atoms with E-state index in [0.717, 1.165) is 5.56 Å². The summed E-state index contributed by atoms with van der Waals surface area (Å²) in [6.45, 7) is 7.07. The number of rotatable bonds is 6. The molecule has 0 radical (unpaired) electrons. The zero-order valence-electron chi connectivity index (χ0n) is 17.1. The highest BCUT2D eigenvalue weighted by Gasteiger charge is 2.33. The van der Waals surface area contributed by atoms with E-state index >= 15 is 0 Å². The van der Waals surface area contributed by atoms with Gasteiger partial charge in [-0.25, -0.2) is 0 Å². The summed E-state index contributed by atoms with van der Waals surface area (Å²) in [6.07, 6.45) is 3.76. The number of carbonyl (C=O) groups is 1. The number of aromatic nitrogens is 1. The lowest BCUT2D eigenvalue weighted by molar-refractivity contribution is -0.692. The van der Waals surface area contributed by atoms with E-state index in [9.17, 15) is 4.79 Å². The third-order valence-corrected chi connectivity index (χ3v) is 5.25. The molecule has 0 spiro atoms. The van der Waals surface area contributed by atoms with Crippen molar-refractivity contribution in [2.24, 2.45) is 0 Å². The number of hydrogen-bond donors (Lipinski definition) is 1. The van der Waals surface area contributed by atoms with Crippen molar-refractivity contribution in [3.8, 4) is 0 Å². The molecule has 3 nitrogen and oxygen atoms in total. The maximum atomic E-state index is 13.4. The van der Waals surface area contributed by atoms with Crippen molar-refractivity contribution in [2.75, 3.05) is 0 Å². The van der Waals surface area contributed by atoms with Gasteiger partial charge in [-0.2, -0.15) is 4.57 Å². The Balaban J connectivity index is 1.85. The minimum absolute atomic E-state index is 0.0211. The van der Waals surface area contributed by atoms with Gasteiger partial charge in [0.05, 0.1) is 0 Å². The highest BCUT2D eigenvalue weighted by Crippen LogP contribution is 2.23. The quantitative estimate of drug-likeness (QED) is 0.364. The molecular formula is C25H27N2OS+. The fourth-order valence-corrected chi connectivity index (χ4v) is 3.45. The van der Waals surface area contributed by atoms with Gasteiger partial charge < -0.3 is 5.32 Å². The Kier molecular flexibility index (Phi) is 6.55. The van der Waals surface area contributed by atoms with Crippen molar-refractivity contribution >= 4 is 23.0 Å². The number of nitrogens with one attached hydrogen (secondary N) is 1. The molecule has 0 saturated heterocycles. The van der Waals surface area contributed by atoms with E-state index in [1.165, 1.54) is 5.56 Å². The first kappa shape index (κ1) is 20.9. The maximum absolute atomic E-state index is 13.4. The van der Waals surface area contributed by atoms with E-state index in [1.54, 1.807) is 0 Å². The molecule has 1 N–H and O–H groups in total. The number of nitrogens with zero attached hydrogens (tertiary/aromatic N) is 1. The molecule has 0 saturated carbocycles. The normalized spacial score (nSPS) is 12.2. The van der Waals surface area contributed by atoms with Gasteiger partial charge in [0, 0.05) is 24.2 Å². The number of hydrogen-bond acceptors (Lipinski definition) is 2. The number of benzene rings is 2. The molecule has 3 rings (SSSR count). The Hall–Kier alpha value is -2.85. The summed E-state index contributed by atoms with van der Waals surface area (Å²) in [5.74, 6) is -0.0211. The predicted molar refractivity (Wildman–Crippen MR) is 121 cm³/mol. The average Bonchev–Trinajstić information content (AvgIpc) is 2.73. The second-order valence-corrected chi connectivity index (χ2v) is 8.56. The van der Waals surface area contributed by atoms with Crippen molar-refractivity contribution in [3.05, 3.63) is 102 Å². The smallest absolute Gasteiger partial charge is 0.270 e. The first-order valence-electron chi connectivity index (χ1n) is 9.78. The van der Waals surface area contributed by atoms with Crippen LogP contribution in [0.5, 0.6) is 0 Å². The lowest BCUT2D eigenvalue weighted by Crippen LogP contribution is -2.51. The molecule has 3 aromatic rings. The van der Waals surface area contributed by atoms with Crippen LogP contribution in [0.15, 0.2) is 85.2 Å². The average molecular weight is 404 g/mol. The van der Waals surface area contributed by atoms with Crippen molar-refractivity contribution in [2.45, 2.75) is 38.8 Å². The summed E-state index contributed by atoms with van der Waals surface area (Å²) in [5.41, 5.74) is 3.02. The van der Waals surface area contributed by atoms with Crippen LogP contribution in [-0.2, 0) is 12.0 Å². The fraction of sp³-hybridized carbons (Fsp3) is 0.240. The summed E-state index contributed by atoms with van der Waals surface area (Å²) in [4.78, 5) is 13.9. The summed E-state index contributed by atoms with van der Waals surface area (Å²) in [6, 6.07) is 23.0. The minimum atomic E-state index is -0.588. The SMILES string of the molecule is CC(C)(C)c1ccc(C(=O)[C@@H](C(=S)NCc2ccccc2)[n+]2ccccc2)cc1. The molecule has 0 bridgehead atoms. The van der Waals surface area contributed by atoms with Gasteiger partial charge in [-0.15, -0.1) is 0 Å². The van der Waals surface area contributed by atoms with Gasteiger partial charge >= 0.3 is 0 Å². The number of thiocarbonyl (C=S) groups is 1. The molecule has 148 valence electrons. The first-order valence-corrected chi connectivity index (χ1v) is 10.2. The zero-order chi connectivity index (χ0) is 20.9. The Morgan fingerprint density at radius 1 is 0.931 bits per heavy atom. The van der Waals surface area contributed by atoms with Gasteiger partial charge in [-0.05, 0) is 16.5 Å². The third kappa shape index (κ3) is 5.36. The van der Waals surface area contributed by atoms with E-state index in [1.807, 2.05) is 89.8 Å². The molecule has 0 aliphatic rings. The van der Waals surface area contributed by atoms with Crippen LogP contribution >= 0.6 is 12.2 Å². The van der Waals surface area contributed by atoms with Gasteiger partial charge in [0.25, 0.3) is 6.04 Å². The largest absolute Gasteiger partial charge is 0.370 e. The molecule has 2 aromatic carbocycles. The molecule has 0 unspecified atom stereocenters. The topological polar surface area (TPSA) is 33.0 Å². The second kappa shape index (κ2) is 9.10. The highest BCUT2D eigenvalue weighted by atomic mass is 32.1. The highest BCUT2D eigenvalue weighted by molar-refractivity contribution is 7.80. The molecule has 0 aliphatic carbocycles. The molecule has 1 aromatic heterocycles. The van der Waals surface area contributed by atoms with Crippen molar-refractivity contribution < 1.29 is 9.36 Å². The summed E-state index contributed by atoms with van der Waals surface area (Å²) in [5, 5.41) is 3.27. The van der Waals surface area contributed by atoms with E-state index in [4.69, 9.17) is 12.2 Å². The zero-order valence-corrected chi connectivity index (χ0v) is 17.9. The number of Topliss-reactive ketones (excluding diaryl/α,β-unsaturated/α-hetero) is 1. The summed E-state index contributed by atoms with van der Waals surface area (Å²) in [7, 11) is 0. The molecule has 1 heterocycles. The van der Waals surface area contributed by atoms with Gasteiger partial charge in [0.15, 0.2) is 17.4 Å². The molecular weight excluding hydrogens is 376 g/mol. The Bertz CT molecular complexity index is 961. The van der Waals surface area contributed by atoms with E-state index in [2.05, 4.69) is 26.1 Å². The minimum Gasteiger partial charge on any atom is -0.370 e. The van der Waals surface area contributed by atoms with Crippen molar-refractivity contribution in [3.63, 3.8) is 0 Å². The van der Waals surface area contributed by atoms with Gasteiger partial charge in [0.2, 0.25) is 5.78 Å². The van der Waals surface area contributed by atoms with Crippen LogP contribution in [0.1, 0.15) is 48.3 Å². The molecule has 0 aliphatic heterocycles. The fourth-order valence-electron chi connectivity index (χ4n) is 3.15. The molecule has 0 fully saturated rings. The van der Waals surface area contributed by atoms with Crippen LogP contribution in [-0.4, -0.2) is 10.8 Å². The Morgan fingerprint density at radius 2 is 1.52 bits per heavy atom. The lowest BCUT2D eigenvalue weighted by Gasteiger charge is -2.19. The van der Waals surface area contributed by atoms with Crippen LogP contribution in [0, 0.1) is 0 Å². The van der Waals surface area contributed by atoms with E-state index in [0.29, 0.717) is 17.1 Å². The Labute approximate surface area is 178 Å². The van der Waals surface area contributed by atoms with Crippen LogP contribution < -0.4 is 9.88 Å². The van der Waals surface area contributed by atoms with Crippen LogP contribution in [0.2, 0.25) is 0 Å². The maximum Gasteiger partial charge on any atom is 0.270 e. The molecule has 29 heavy (non-hydrogen) atoms. The van der Waals surface area contributed by atoms with Crippen LogP contribution in [0.25, 0.3) is 0 Å². The van der Waals surface area contributed by atoms with Crippen LogP contribution in [0.3, 0.4) is 0 Å². The summed E-state index contributed by atoms with van der Waals surface area (Å²) >= 11 is 5.67. The predicted octanol–water partition coefficient (Wildman–Crippen LogP) is 4.81. The van der Waals surface area contributed by atoms with Crippen LogP contribution in [0.4, 0.5) is 0 Å².